The first-order valence-electron chi connectivity index (χ1n) is 5.27. The van der Waals surface area contributed by atoms with Crippen molar-refractivity contribution in [1.29, 1.82) is 0 Å². The van der Waals surface area contributed by atoms with Gasteiger partial charge in [-0.05, 0) is 6.92 Å². The molecule has 0 spiro atoms. The van der Waals surface area contributed by atoms with Crippen molar-refractivity contribution in [2.24, 2.45) is 0 Å². The zero-order chi connectivity index (χ0) is 12.7. The topological polar surface area (TPSA) is 89.8 Å². The highest BCUT2D eigenvalue weighted by Gasteiger charge is 2.10. The summed E-state index contributed by atoms with van der Waals surface area (Å²) < 4.78 is 4.71. The second kappa shape index (κ2) is 6.47. The van der Waals surface area contributed by atoms with Gasteiger partial charge < -0.3 is 15.2 Å². The highest BCUT2D eigenvalue weighted by molar-refractivity contribution is 5.94. The third kappa shape index (κ3) is 4.50. The number of H-pyrrole nitrogens is 1. The third-order valence-corrected chi connectivity index (χ3v) is 1.96. The summed E-state index contributed by atoms with van der Waals surface area (Å²) in [5.74, 6) is -0.736. The highest BCUT2D eigenvalue weighted by Crippen LogP contribution is 2.05. The Hall–Kier alpha value is -2.11. The van der Waals surface area contributed by atoms with Gasteiger partial charge in [-0.3, -0.25) is 9.59 Å². The molecule has 6 heteroatoms. The molecule has 1 heterocycles. The van der Waals surface area contributed by atoms with Crippen LogP contribution in [-0.2, 0) is 9.53 Å². The predicted molar refractivity (Wildman–Crippen MR) is 58.2 cm³/mol. The number of carbonyl (C=O) groups is 2. The molecule has 1 aromatic rings. The maximum atomic E-state index is 11.5. The molecule has 0 unspecified atom stereocenters. The Morgan fingerprint density at radius 3 is 2.88 bits per heavy atom. The number of rotatable bonds is 5. The number of nitrogens with one attached hydrogen (secondary N) is 2. The van der Waals surface area contributed by atoms with Crippen LogP contribution < -0.4 is 10.3 Å². The number of aromatic hydroxyl groups is 1. The Kier molecular flexibility index (Phi) is 4.93. The van der Waals surface area contributed by atoms with Crippen LogP contribution in [0.1, 0.15) is 23.7 Å². The van der Waals surface area contributed by atoms with Crippen LogP contribution in [0, 0.1) is 0 Å². The summed E-state index contributed by atoms with van der Waals surface area (Å²) in [6.45, 7) is 2.25. The van der Waals surface area contributed by atoms with Crippen molar-refractivity contribution in [3.63, 3.8) is 0 Å². The van der Waals surface area contributed by atoms with Crippen molar-refractivity contribution < 1.29 is 24.4 Å². The minimum Gasteiger partial charge on any atom is -0.503 e. The zero-order valence-electron chi connectivity index (χ0n) is 9.53. The van der Waals surface area contributed by atoms with Gasteiger partial charge in [0.2, 0.25) is 6.20 Å². The fraction of sp³-hybridized carbons (Fsp3) is 0.364. The summed E-state index contributed by atoms with van der Waals surface area (Å²) in [6.07, 6.45) is 2.94. The first kappa shape index (κ1) is 13.0. The summed E-state index contributed by atoms with van der Waals surface area (Å²) in [5.41, 5.74) is 0.300. The molecule has 1 amide bonds. The first-order valence-corrected chi connectivity index (χ1v) is 5.27. The van der Waals surface area contributed by atoms with Gasteiger partial charge in [0.15, 0.2) is 11.9 Å². The smallest absolute Gasteiger partial charge is 0.307 e. The molecule has 0 atom stereocenters. The van der Waals surface area contributed by atoms with E-state index < -0.39 is 0 Å². The number of aromatic amines is 1. The Bertz CT molecular complexity index is 406. The van der Waals surface area contributed by atoms with Crippen LogP contribution in [0.15, 0.2) is 18.5 Å². The van der Waals surface area contributed by atoms with Crippen molar-refractivity contribution in [2.75, 3.05) is 13.2 Å². The number of esters is 1. The van der Waals surface area contributed by atoms with Crippen molar-refractivity contribution >= 4 is 11.9 Å². The van der Waals surface area contributed by atoms with E-state index in [2.05, 4.69) is 10.3 Å². The second-order valence-electron chi connectivity index (χ2n) is 3.29. The number of aromatic nitrogens is 1. The van der Waals surface area contributed by atoms with Gasteiger partial charge in [-0.1, -0.05) is 0 Å². The van der Waals surface area contributed by atoms with Crippen molar-refractivity contribution in [3.8, 4) is 5.75 Å². The number of hydrogen-bond acceptors (Lipinski definition) is 4. The lowest BCUT2D eigenvalue weighted by Crippen LogP contribution is -2.27. The number of carbonyl (C=O) groups excluding carboxylic acids is 2. The van der Waals surface area contributed by atoms with Crippen molar-refractivity contribution in [1.82, 2.24) is 5.32 Å². The van der Waals surface area contributed by atoms with Crippen molar-refractivity contribution in [2.45, 2.75) is 13.3 Å². The summed E-state index contributed by atoms with van der Waals surface area (Å²) in [7, 11) is 0. The number of pyridine rings is 1. The Morgan fingerprint density at radius 1 is 1.47 bits per heavy atom. The fourth-order valence-electron chi connectivity index (χ4n) is 1.20. The molecular formula is C11H15N2O4+. The molecule has 0 aromatic carbocycles. The molecule has 0 saturated carbocycles. The standard InChI is InChI=1S/C11H14N2O4/c1-2-17-10(15)3-4-13-11(16)8-5-9(14)7-12-6-8/h5-7,14H,2-4H2,1H3,(H,13,16)/p+1. The quantitative estimate of drug-likeness (QED) is 0.701. The molecule has 3 N–H and O–H groups in total. The predicted octanol–water partition coefficient (Wildman–Crippen LogP) is -0.111. The van der Waals surface area contributed by atoms with Crippen molar-refractivity contribution in [3.05, 3.63) is 24.0 Å². The van der Waals surface area contributed by atoms with E-state index in [0.717, 1.165) is 0 Å². The molecule has 0 saturated heterocycles. The van der Waals surface area contributed by atoms with Gasteiger partial charge in [0.1, 0.15) is 5.56 Å². The summed E-state index contributed by atoms with van der Waals surface area (Å²) >= 11 is 0. The minimum absolute atomic E-state index is 0.0250. The molecule has 0 aliphatic carbocycles. The molecule has 0 aliphatic rings. The summed E-state index contributed by atoms with van der Waals surface area (Å²) in [5, 5.41) is 11.7. The highest BCUT2D eigenvalue weighted by atomic mass is 16.5. The SMILES string of the molecule is CCOC(=O)CCNC(=O)c1c[nH+]cc(O)c1. The minimum atomic E-state index is -0.360. The van der Waals surface area contributed by atoms with Gasteiger partial charge in [0.05, 0.1) is 13.0 Å². The van der Waals surface area contributed by atoms with Crippen LogP contribution in [0.2, 0.25) is 0 Å². The molecule has 1 rings (SSSR count). The summed E-state index contributed by atoms with van der Waals surface area (Å²) in [6, 6.07) is 1.33. The molecule has 0 radical (unpaired) electrons. The molecule has 0 bridgehead atoms. The molecule has 1 aromatic heterocycles. The van der Waals surface area contributed by atoms with E-state index in [4.69, 9.17) is 9.84 Å². The van der Waals surface area contributed by atoms with Crippen LogP contribution in [0.25, 0.3) is 0 Å². The van der Waals surface area contributed by atoms with E-state index in [0.29, 0.717) is 12.2 Å². The molecule has 6 nitrogen and oxygen atoms in total. The number of hydrogen-bond donors (Lipinski definition) is 2. The van der Waals surface area contributed by atoms with Gasteiger partial charge in [0, 0.05) is 12.6 Å². The van der Waals surface area contributed by atoms with Crippen LogP contribution in [0.5, 0.6) is 5.75 Å². The van der Waals surface area contributed by atoms with Crippen LogP contribution in [0.3, 0.4) is 0 Å². The van der Waals surface area contributed by atoms with E-state index in [-0.39, 0.29) is 30.6 Å². The van der Waals surface area contributed by atoms with Gasteiger partial charge in [-0.2, -0.15) is 0 Å². The van der Waals surface area contributed by atoms with Gasteiger partial charge in [0.25, 0.3) is 5.91 Å². The summed E-state index contributed by atoms with van der Waals surface area (Å²) in [4.78, 5) is 25.2. The molecule has 92 valence electrons. The first-order chi connectivity index (χ1) is 8.13. The van der Waals surface area contributed by atoms with E-state index in [9.17, 15) is 9.59 Å². The van der Waals surface area contributed by atoms with E-state index >= 15 is 0 Å². The monoisotopic (exact) mass is 239 g/mol. The molecule has 0 aliphatic heterocycles. The van der Waals surface area contributed by atoms with E-state index in [1.165, 1.54) is 18.5 Å². The van der Waals surface area contributed by atoms with E-state index in [1.54, 1.807) is 6.92 Å². The number of ether oxygens (including phenoxy) is 1. The molecular weight excluding hydrogens is 224 g/mol. The fourth-order valence-corrected chi connectivity index (χ4v) is 1.20. The third-order valence-electron chi connectivity index (χ3n) is 1.96. The average Bonchev–Trinajstić information content (AvgIpc) is 2.29. The van der Waals surface area contributed by atoms with Crippen LogP contribution >= 0.6 is 0 Å². The second-order valence-corrected chi connectivity index (χ2v) is 3.29. The lowest BCUT2D eigenvalue weighted by atomic mass is 10.2. The van der Waals surface area contributed by atoms with Gasteiger partial charge in [-0.25, -0.2) is 4.98 Å². The largest absolute Gasteiger partial charge is 0.503 e. The number of amides is 1. The average molecular weight is 239 g/mol. The van der Waals surface area contributed by atoms with Gasteiger partial charge >= 0.3 is 5.97 Å². The molecule has 17 heavy (non-hydrogen) atoms. The van der Waals surface area contributed by atoms with E-state index in [1.807, 2.05) is 0 Å². The molecule has 0 fully saturated rings. The van der Waals surface area contributed by atoms with Gasteiger partial charge in [-0.15, -0.1) is 0 Å². The lowest BCUT2D eigenvalue weighted by Gasteiger charge is -2.03. The zero-order valence-corrected chi connectivity index (χ0v) is 9.53. The maximum Gasteiger partial charge on any atom is 0.307 e. The van der Waals surface area contributed by atoms with Crippen LogP contribution in [0.4, 0.5) is 0 Å². The Labute approximate surface area is 98.6 Å². The maximum absolute atomic E-state index is 11.5. The normalized spacial score (nSPS) is 9.71. The Balaban J connectivity index is 2.38. The Morgan fingerprint density at radius 2 is 2.24 bits per heavy atom. The van der Waals surface area contributed by atoms with Crippen LogP contribution in [-0.4, -0.2) is 30.1 Å². The lowest BCUT2D eigenvalue weighted by molar-refractivity contribution is -0.379.